The Morgan fingerprint density at radius 1 is 0.857 bits per heavy atom. The summed E-state index contributed by atoms with van der Waals surface area (Å²) >= 11 is 0. The van der Waals surface area contributed by atoms with Crippen molar-refractivity contribution >= 4 is 23.2 Å². The molecule has 0 aliphatic rings. The van der Waals surface area contributed by atoms with Crippen LogP contribution in [0.1, 0.15) is 40.2 Å². The molecular weight excluding hydrogens is 356 g/mol. The minimum absolute atomic E-state index is 0.165. The van der Waals surface area contributed by atoms with Gasteiger partial charge in [0.1, 0.15) is 0 Å². The smallest absolute Gasteiger partial charge is 0.314 e. The van der Waals surface area contributed by atoms with Gasteiger partial charge in [-0.3, -0.25) is 9.59 Å². The zero-order valence-corrected chi connectivity index (χ0v) is 17.1. The molecule has 0 unspecified atom stereocenters. The summed E-state index contributed by atoms with van der Waals surface area (Å²) in [7, 11) is 0. The number of hydrogen-bond donors (Lipinski definition) is 2. The molecule has 0 aliphatic carbocycles. The van der Waals surface area contributed by atoms with E-state index in [2.05, 4.69) is 10.6 Å². The van der Waals surface area contributed by atoms with Gasteiger partial charge in [0.25, 0.3) is 0 Å². The van der Waals surface area contributed by atoms with E-state index in [0.717, 1.165) is 5.56 Å². The lowest BCUT2D eigenvalue weighted by Gasteiger charge is -2.22. The van der Waals surface area contributed by atoms with Crippen LogP contribution in [0.3, 0.4) is 0 Å². The second-order valence-electron chi connectivity index (χ2n) is 7.23. The van der Waals surface area contributed by atoms with Gasteiger partial charge in [-0.2, -0.15) is 0 Å². The van der Waals surface area contributed by atoms with Gasteiger partial charge in [0.15, 0.2) is 11.5 Å². The molecule has 28 heavy (non-hydrogen) atoms. The molecule has 0 spiro atoms. The molecule has 0 saturated heterocycles. The molecule has 2 amide bonds. The first-order valence-electron chi connectivity index (χ1n) is 9.37. The van der Waals surface area contributed by atoms with E-state index >= 15 is 0 Å². The van der Waals surface area contributed by atoms with Crippen molar-refractivity contribution in [2.45, 2.75) is 40.0 Å². The fraction of sp³-hybridized carbons (Fsp3) is 0.364. The van der Waals surface area contributed by atoms with E-state index in [1.807, 2.05) is 52.8 Å². The monoisotopic (exact) mass is 384 g/mol. The van der Waals surface area contributed by atoms with Gasteiger partial charge in [0.05, 0.1) is 13.2 Å². The zero-order valence-electron chi connectivity index (χ0n) is 17.1. The van der Waals surface area contributed by atoms with Crippen molar-refractivity contribution in [3.8, 4) is 11.5 Å². The molecule has 0 aliphatic heterocycles. The first-order chi connectivity index (χ1) is 13.3. The number of ether oxygens (including phenoxy) is 2. The average molecular weight is 384 g/mol. The fourth-order valence-electron chi connectivity index (χ4n) is 2.74. The Bertz CT molecular complexity index is 841. The van der Waals surface area contributed by atoms with Gasteiger partial charge in [-0.05, 0) is 43.0 Å². The van der Waals surface area contributed by atoms with E-state index in [1.165, 1.54) is 0 Å². The van der Waals surface area contributed by atoms with Gasteiger partial charge in [-0.15, -0.1) is 0 Å². The number of carbonyl (C=O) groups is 2. The van der Waals surface area contributed by atoms with Gasteiger partial charge in [0.2, 0.25) is 0 Å². The number of benzene rings is 2. The van der Waals surface area contributed by atoms with Crippen LogP contribution in [-0.4, -0.2) is 25.0 Å². The molecule has 0 heterocycles. The summed E-state index contributed by atoms with van der Waals surface area (Å²) in [6.07, 6.45) is 0. The molecule has 6 nitrogen and oxygen atoms in total. The van der Waals surface area contributed by atoms with Gasteiger partial charge in [-0.25, -0.2) is 0 Å². The normalized spacial score (nSPS) is 10.9. The molecule has 0 bridgehead atoms. The van der Waals surface area contributed by atoms with Crippen LogP contribution in [0, 0.1) is 0 Å². The Morgan fingerprint density at radius 2 is 1.46 bits per heavy atom. The summed E-state index contributed by atoms with van der Waals surface area (Å²) in [5.41, 5.74) is 1.87. The summed E-state index contributed by atoms with van der Waals surface area (Å²) in [5, 5.41) is 5.30. The Kier molecular flexibility index (Phi) is 7.04. The Labute approximate surface area is 166 Å². The molecule has 6 heteroatoms. The summed E-state index contributed by atoms with van der Waals surface area (Å²) in [5.74, 6) is -0.384. The number of carbonyl (C=O) groups excluding carboxylic acids is 2. The average Bonchev–Trinajstić information content (AvgIpc) is 2.63. The topological polar surface area (TPSA) is 76.7 Å². The molecule has 0 atom stereocenters. The van der Waals surface area contributed by atoms with Crippen LogP contribution in [0.2, 0.25) is 0 Å². The predicted octanol–water partition coefficient (Wildman–Crippen LogP) is 4.36. The summed E-state index contributed by atoms with van der Waals surface area (Å²) in [6.45, 7) is 10.9. The Balaban J connectivity index is 2.13. The minimum atomic E-state index is -0.754. The molecule has 2 rings (SSSR count). The van der Waals surface area contributed by atoms with Crippen molar-refractivity contribution in [1.29, 1.82) is 0 Å². The third kappa shape index (κ3) is 5.49. The summed E-state index contributed by atoms with van der Waals surface area (Å²) < 4.78 is 11.0. The molecule has 2 N–H and O–H groups in total. The largest absolute Gasteiger partial charge is 0.490 e. The van der Waals surface area contributed by atoms with Crippen molar-refractivity contribution in [2.75, 3.05) is 23.8 Å². The van der Waals surface area contributed by atoms with Crippen LogP contribution >= 0.6 is 0 Å². The van der Waals surface area contributed by atoms with Crippen LogP contribution in [0.5, 0.6) is 11.5 Å². The SMILES string of the molecule is CCOc1ccc(NC(=O)C(=O)Nc2ccccc2C(C)(C)C)cc1OCC. The van der Waals surface area contributed by atoms with Crippen LogP contribution < -0.4 is 20.1 Å². The van der Waals surface area contributed by atoms with Crippen LogP contribution in [0.25, 0.3) is 0 Å². The highest BCUT2D eigenvalue weighted by Crippen LogP contribution is 2.31. The zero-order chi connectivity index (χ0) is 20.7. The number of para-hydroxylation sites is 1. The maximum atomic E-state index is 12.4. The van der Waals surface area contributed by atoms with E-state index in [-0.39, 0.29) is 5.41 Å². The second-order valence-corrected chi connectivity index (χ2v) is 7.23. The number of nitrogens with one attached hydrogen (secondary N) is 2. The highest BCUT2D eigenvalue weighted by atomic mass is 16.5. The third-order valence-electron chi connectivity index (χ3n) is 3.99. The molecule has 0 fully saturated rings. The van der Waals surface area contributed by atoms with Crippen molar-refractivity contribution < 1.29 is 19.1 Å². The maximum absolute atomic E-state index is 12.4. The number of rotatable bonds is 6. The molecule has 0 saturated carbocycles. The van der Waals surface area contributed by atoms with Gasteiger partial charge in [0, 0.05) is 17.4 Å². The molecule has 150 valence electrons. The van der Waals surface area contributed by atoms with E-state index in [0.29, 0.717) is 36.1 Å². The quantitative estimate of drug-likeness (QED) is 0.726. The van der Waals surface area contributed by atoms with Crippen molar-refractivity contribution in [3.63, 3.8) is 0 Å². The maximum Gasteiger partial charge on any atom is 0.314 e. The third-order valence-corrected chi connectivity index (χ3v) is 3.99. The molecule has 2 aromatic rings. The van der Waals surface area contributed by atoms with Crippen LogP contribution in [-0.2, 0) is 15.0 Å². The highest BCUT2D eigenvalue weighted by Gasteiger charge is 2.21. The molecule has 0 radical (unpaired) electrons. The summed E-state index contributed by atoms with van der Waals surface area (Å²) in [4.78, 5) is 24.8. The standard InChI is InChI=1S/C22H28N2O4/c1-6-27-18-13-12-15(14-19(18)28-7-2)23-20(25)21(26)24-17-11-9-8-10-16(17)22(3,4)5/h8-14H,6-7H2,1-5H3,(H,23,25)(H,24,26). The molecule has 0 aromatic heterocycles. The molecular formula is C22H28N2O4. The van der Waals surface area contributed by atoms with Crippen molar-refractivity contribution in [2.24, 2.45) is 0 Å². The van der Waals surface area contributed by atoms with Crippen molar-refractivity contribution in [3.05, 3.63) is 48.0 Å². The van der Waals surface area contributed by atoms with Crippen LogP contribution in [0.4, 0.5) is 11.4 Å². The van der Waals surface area contributed by atoms with E-state index in [1.54, 1.807) is 24.3 Å². The van der Waals surface area contributed by atoms with Gasteiger partial charge in [-0.1, -0.05) is 39.0 Å². The lowest BCUT2D eigenvalue weighted by atomic mass is 9.86. The van der Waals surface area contributed by atoms with Crippen LogP contribution in [0.15, 0.2) is 42.5 Å². The predicted molar refractivity (Wildman–Crippen MR) is 111 cm³/mol. The Morgan fingerprint density at radius 3 is 2.11 bits per heavy atom. The Hall–Kier alpha value is -3.02. The number of amides is 2. The highest BCUT2D eigenvalue weighted by molar-refractivity contribution is 6.43. The number of anilines is 2. The summed E-state index contributed by atoms with van der Waals surface area (Å²) in [6, 6.07) is 12.5. The van der Waals surface area contributed by atoms with Gasteiger partial charge < -0.3 is 20.1 Å². The van der Waals surface area contributed by atoms with Crippen molar-refractivity contribution in [1.82, 2.24) is 0 Å². The van der Waals surface area contributed by atoms with E-state index in [9.17, 15) is 9.59 Å². The first kappa shape index (κ1) is 21.3. The van der Waals surface area contributed by atoms with E-state index < -0.39 is 11.8 Å². The lowest BCUT2D eigenvalue weighted by Crippen LogP contribution is -2.30. The number of hydrogen-bond acceptors (Lipinski definition) is 4. The molecule has 2 aromatic carbocycles. The second kappa shape index (κ2) is 9.26. The fourth-order valence-corrected chi connectivity index (χ4v) is 2.74. The first-order valence-corrected chi connectivity index (χ1v) is 9.37. The van der Waals surface area contributed by atoms with Gasteiger partial charge >= 0.3 is 11.8 Å². The lowest BCUT2D eigenvalue weighted by molar-refractivity contribution is -0.133. The van der Waals surface area contributed by atoms with E-state index in [4.69, 9.17) is 9.47 Å². The minimum Gasteiger partial charge on any atom is -0.490 e.